The average molecular weight is 458 g/mol. The van der Waals surface area contributed by atoms with Gasteiger partial charge in [0.25, 0.3) is 5.91 Å². The van der Waals surface area contributed by atoms with E-state index in [1.54, 1.807) is 18.3 Å². The van der Waals surface area contributed by atoms with E-state index in [4.69, 9.17) is 4.74 Å². The molecule has 5 heteroatoms. The fourth-order valence-electron chi connectivity index (χ4n) is 3.59. The van der Waals surface area contributed by atoms with Crippen LogP contribution in [0.4, 0.5) is 11.4 Å². The van der Waals surface area contributed by atoms with E-state index in [1.807, 2.05) is 61.6 Å². The summed E-state index contributed by atoms with van der Waals surface area (Å²) >= 11 is 0. The summed E-state index contributed by atoms with van der Waals surface area (Å²) in [5.74, 6) is 0.535. The lowest BCUT2D eigenvalue weighted by Crippen LogP contribution is -2.17. The Morgan fingerprint density at radius 1 is 0.853 bits per heavy atom. The van der Waals surface area contributed by atoms with Gasteiger partial charge in [0.2, 0.25) is 0 Å². The minimum absolute atomic E-state index is 0.251. The molecule has 3 aromatic carbocycles. The van der Waals surface area contributed by atoms with Crippen molar-refractivity contribution in [1.82, 2.24) is 5.43 Å². The molecule has 0 aliphatic rings. The topological polar surface area (TPSA) is 53.9 Å². The van der Waals surface area contributed by atoms with Gasteiger partial charge < -0.3 is 9.64 Å². The number of amides is 1. The molecular weight excluding hydrogens is 422 g/mol. The lowest BCUT2D eigenvalue weighted by atomic mass is 10.1. The first-order chi connectivity index (χ1) is 16.7. The number of benzene rings is 3. The lowest BCUT2D eigenvalue weighted by Gasteiger charge is -2.19. The number of unbranched alkanes of at least 4 members (excludes halogenated alkanes) is 5. The standard InChI is InChI=1S/C29H35N3O2/c1-3-4-5-6-7-11-22-34-28-20-16-25(17-21-28)29(33)31-30-23-24-14-18-27(19-15-24)32(2)26-12-9-8-10-13-26/h8-10,12-21,23H,3-7,11,22H2,1-2H3,(H,31,33)/b30-23-. The number of ether oxygens (including phenoxy) is 1. The molecule has 0 radical (unpaired) electrons. The highest BCUT2D eigenvalue weighted by Gasteiger charge is 2.05. The maximum absolute atomic E-state index is 12.4. The van der Waals surface area contributed by atoms with Gasteiger partial charge in [0.1, 0.15) is 5.75 Å². The molecule has 0 unspecified atom stereocenters. The molecule has 0 atom stereocenters. The molecule has 178 valence electrons. The molecule has 1 amide bonds. The van der Waals surface area contributed by atoms with Crippen LogP contribution >= 0.6 is 0 Å². The number of para-hydroxylation sites is 1. The third-order valence-corrected chi connectivity index (χ3v) is 5.69. The minimum atomic E-state index is -0.251. The summed E-state index contributed by atoms with van der Waals surface area (Å²) in [4.78, 5) is 14.5. The van der Waals surface area contributed by atoms with Gasteiger partial charge in [-0.3, -0.25) is 4.79 Å². The highest BCUT2D eigenvalue weighted by Crippen LogP contribution is 2.23. The molecule has 0 heterocycles. The molecule has 3 aromatic rings. The Balaban J connectivity index is 1.42. The third kappa shape index (κ3) is 8.07. The highest BCUT2D eigenvalue weighted by atomic mass is 16.5. The predicted octanol–water partition coefficient (Wildman–Crippen LogP) is 6.96. The Labute approximate surface area is 203 Å². The minimum Gasteiger partial charge on any atom is -0.494 e. The maximum atomic E-state index is 12.4. The predicted molar refractivity (Wildman–Crippen MR) is 141 cm³/mol. The summed E-state index contributed by atoms with van der Waals surface area (Å²) in [6.45, 7) is 2.94. The average Bonchev–Trinajstić information content (AvgIpc) is 2.89. The van der Waals surface area contributed by atoms with Gasteiger partial charge in [0.05, 0.1) is 12.8 Å². The van der Waals surface area contributed by atoms with Crippen LogP contribution in [-0.4, -0.2) is 25.8 Å². The van der Waals surface area contributed by atoms with Crippen LogP contribution in [0.5, 0.6) is 5.75 Å². The normalized spacial score (nSPS) is 10.9. The van der Waals surface area contributed by atoms with Crippen molar-refractivity contribution in [1.29, 1.82) is 0 Å². The van der Waals surface area contributed by atoms with E-state index >= 15 is 0 Å². The highest BCUT2D eigenvalue weighted by molar-refractivity contribution is 5.95. The molecular formula is C29H35N3O2. The zero-order valence-electron chi connectivity index (χ0n) is 20.2. The number of nitrogens with zero attached hydrogens (tertiary/aromatic N) is 2. The molecule has 0 saturated heterocycles. The number of anilines is 2. The van der Waals surface area contributed by atoms with Gasteiger partial charge in [-0.2, -0.15) is 5.10 Å². The summed E-state index contributed by atoms with van der Waals surface area (Å²) in [6.07, 6.45) is 9.05. The van der Waals surface area contributed by atoms with Crippen LogP contribution < -0.4 is 15.1 Å². The van der Waals surface area contributed by atoms with Crippen molar-refractivity contribution in [2.24, 2.45) is 5.10 Å². The van der Waals surface area contributed by atoms with Crippen molar-refractivity contribution in [2.75, 3.05) is 18.6 Å². The van der Waals surface area contributed by atoms with Gasteiger partial charge in [-0.25, -0.2) is 5.43 Å². The summed E-state index contributed by atoms with van der Waals surface area (Å²) in [5, 5.41) is 4.09. The Bertz CT molecular complexity index is 1020. The largest absolute Gasteiger partial charge is 0.494 e. The Kier molecular flexibility index (Phi) is 10.2. The number of hydrogen-bond donors (Lipinski definition) is 1. The third-order valence-electron chi connectivity index (χ3n) is 5.69. The fraction of sp³-hybridized carbons (Fsp3) is 0.310. The molecule has 0 saturated carbocycles. The Hall–Kier alpha value is -3.60. The van der Waals surface area contributed by atoms with E-state index in [0.29, 0.717) is 12.2 Å². The van der Waals surface area contributed by atoms with Gasteiger partial charge >= 0.3 is 0 Å². The van der Waals surface area contributed by atoms with Crippen LogP contribution in [0.1, 0.15) is 61.4 Å². The summed E-state index contributed by atoms with van der Waals surface area (Å²) in [6, 6.07) is 25.4. The molecule has 0 bridgehead atoms. The second-order valence-electron chi connectivity index (χ2n) is 8.33. The summed E-state index contributed by atoms with van der Waals surface area (Å²) in [5.41, 5.74) is 6.23. The monoisotopic (exact) mass is 457 g/mol. The van der Waals surface area contributed by atoms with Crippen molar-refractivity contribution >= 4 is 23.5 Å². The first-order valence-corrected chi connectivity index (χ1v) is 12.1. The van der Waals surface area contributed by atoms with E-state index in [9.17, 15) is 4.79 Å². The Morgan fingerprint density at radius 2 is 1.50 bits per heavy atom. The number of rotatable bonds is 13. The van der Waals surface area contributed by atoms with E-state index in [0.717, 1.165) is 29.1 Å². The summed E-state index contributed by atoms with van der Waals surface area (Å²) < 4.78 is 5.78. The Morgan fingerprint density at radius 3 is 2.21 bits per heavy atom. The lowest BCUT2D eigenvalue weighted by molar-refractivity contribution is 0.0955. The number of carbonyl (C=O) groups excluding carboxylic acids is 1. The van der Waals surface area contributed by atoms with Crippen LogP contribution in [0, 0.1) is 0 Å². The molecule has 0 aliphatic carbocycles. The van der Waals surface area contributed by atoms with Crippen molar-refractivity contribution in [2.45, 2.75) is 45.4 Å². The van der Waals surface area contributed by atoms with Crippen molar-refractivity contribution in [3.8, 4) is 5.75 Å². The first-order valence-electron chi connectivity index (χ1n) is 12.1. The fourth-order valence-corrected chi connectivity index (χ4v) is 3.59. The van der Waals surface area contributed by atoms with Crippen LogP contribution in [0.2, 0.25) is 0 Å². The summed E-state index contributed by atoms with van der Waals surface area (Å²) in [7, 11) is 2.03. The zero-order valence-corrected chi connectivity index (χ0v) is 20.2. The number of hydrogen-bond acceptors (Lipinski definition) is 4. The second-order valence-corrected chi connectivity index (χ2v) is 8.33. The van der Waals surface area contributed by atoms with E-state index in [-0.39, 0.29) is 5.91 Å². The molecule has 0 fully saturated rings. The molecule has 0 aliphatic heterocycles. The van der Waals surface area contributed by atoms with Gasteiger partial charge in [-0.05, 0) is 60.5 Å². The van der Waals surface area contributed by atoms with Crippen LogP contribution in [0.3, 0.4) is 0 Å². The molecule has 0 spiro atoms. The first kappa shape index (κ1) is 25.0. The van der Waals surface area contributed by atoms with Crippen LogP contribution in [0.15, 0.2) is 84.0 Å². The number of hydrazone groups is 1. The number of nitrogens with one attached hydrogen (secondary N) is 1. The zero-order chi connectivity index (χ0) is 24.0. The maximum Gasteiger partial charge on any atom is 0.271 e. The van der Waals surface area contributed by atoms with Gasteiger partial charge in [0, 0.05) is 24.0 Å². The van der Waals surface area contributed by atoms with Crippen LogP contribution in [0.25, 0.3) is 0 Å². The van der Waals surface area contributed by atoms with Crippen molar-refractivity contribution < 1.29 is 9.53 Å². The molecule has 0 aromatic heterocycles. The van der Waals surface area contributed by atoms with E-state index in [2.05, 4.69) is 34.5 Å². The smallest absolute Gasteiger partial charge is 0.271 e. The van der Waals surface area contributed by atoms with E-state index in [1.165, 1.54) is 32.1 Å². The molecule has 1 N–H and O–H groups in total. The van der Waals surface area contributed by atoms with Crippen molar-refractivity contribution in [3.05, 3.63) is 90.0 Å². The van der Waals surface area contributed by atoms with Crippen LogP contribution in [-0.2, 0) is 0 Å². The number of carbonyl (C=O) groups is 1. The second kappa shape index (κ2) is 13.8. The van der Waals surface area contributed by atoms with E-state index < -0.39 is 0 Å². The van der Waals surface area contributed by atoms with Gasteiger partial charge in [-0.15, -0.1) is 0 Å². The molecule has 3 rings (SSSR count). The molecule has 5 nitrogen and oxygen atoms in total. The van der Waals surface area contributed by atoms with Gasteiger partial charge in [0.15, 0.2) is 0 Å². The van der Waals surface area contributed by atoms with Gasteiger partial charge in [-0.1, -0.05) is 69.4 Å². The van der Waals surface area contributed by atoms with Crippen molar-refractivity contribution in [3.63, 3.8) is 0 Å². The molecule has 34 heavy (non-hydrogen) atoms. The quantitative estimate of drug-likeness (QED) is 0.171. The SMILES string of the molecule is CCCCCCCCOc1ccc(C(=O)N/N=C\c2ccc(N(C)c3ccccc3)cc2)cc1.